The lowest BCUT2D eigenvalue weighted by Crippen LogP contribution is -2.48. The van der Waals surface area contributed by atoms with Crippen molar-refractivity contribution in [1.29, 1.82) is 0 Å². The Balaban J connectivity index is 0.00000264. The summed E-state index contributed by atoms with van der Waals surface area (Å²) in [6.07, 6.45) is 1.18. The predicted octanol–water partition coefficient (Wildman–Crippen LogP) is 3.47. The van der Waals surface area contributed by atoms with Crippen molar-refractivity contribution in [2.24, 2.45) is 4.99 Å². The number of nitrogens with zero attached hydrogens (tertiary/aromatic N) is 2. The van der Waals surface area contributed by atoms with E-state index < -0.39 is 0 Å². The second-order valence-electron chi connectivity index (χ2n) is 7.03. The number of rotatable bonds is 4. The van der Waals surface area contributed by atoms with E-state index >= 15 is 0 Å². The molecule has 6 heteroatoms. The fourth-order valence-corrected chi connectivity index (χ4v) is 3.54. The van der Waals surface area contributed by atoms with E-state index in [1.54, 1.807) is 4.88 Å². The molecule has 0 aromatic carbocycles. The summed E-state index contributed by atoms with van der Waals surface area (Å²) in [5.74, 6) is 0.912. The number of guanidine groups is 1. The van der Waals surface area contributed by atoms with Gasteiger partial charge in [-0.05, 0) is 58.0 Å². The van der Waals surface area contributed by atoms with E-state index in [-0.39, 0.29) is 29.5 Å². The summed E-state index contributed by atoms with van der Waals surface area (Å²) in [5.41, 5.74) is 1.54. The average Bonchev–Trinajstić information content (AvgIpc) is 2.90. The highest BCUT2D eigenvalue weighted by atomic mass is 127. The predicted molar refractivity (Wildman–Crippen MR) is 112 cm³/mol. The summed E-state index contributed by atoms with van der Waals surface area (Å²) < 4.78 is 0. The van der Waals surface area contributed by atoms with Crippen LogP contribution in [-0.2, 0) is 13.0 Å². The van der Waals surface area contributed by atoms with Crippen molar-refractivity contribution in [3.05, 3.63) is 21.9 Å². The first kappa shape index (κ1) is 20.7. The van der Waals surface area contributed by atoms with E-state index in [9.17, 15) is 0 Å². The summed E-state index contributed by atoms with van der Waals surface area (Å²) >= 11 is 1.90. The zero-order chi connectivity index (χ0) is 16.2. The van der Waals surface area contributed by atoms with Crippen LogP contribution in [0.25, 0.3) is 0 Å². The zero-order valence-corrected chi connectivity index (χ0v) is 18.1. The molecule has 1 unspecified atom stereocenters. The molecule has 0 spiro atoms. The van der Waals surface area contributed by atoms with Gasteiger partial charge in [-0.3, -0.25) is 9.89 Å². The van der Waals surface area contributed by atoms with Gasteiger partial charge in [0.25, 0.3) is 0 Å². The number of hydrogen-bond donors (Lipinski definition) is 2. The van der Waals surface area contributed by atoms with E-state index in [4.69, 9.17) is 4.99 Å². The molecular formula is C17H31IN4S. The number of thiophene rings is 1. The van der Waals surface area contributed by atoms with Crippen LogP contribution in [0.15, 0.2) is 16.4 Å². The first-order valence-corrected chi connectivity index (χ1v) is 9.13. The van der Waals surface area contributed by atoms with Crippen molar-refractivity contribution in [2.45, 2.75) is 59.2 Å². The lowest BCUT2D eigenvalue weighted by Gasteiger charge is -2.32. The molecule has 1 aromatic heterocycles. The van der Waals surface area contributed by atoms with Crippen molar-refractivity contribution >= 4 is 41.3 Å². The molecule has 0 saturated heterocycles. The van der Waals surface area contributed by atoms with E-state index in [1.807, 2.05) is 11.3 Å². The van der Waals surface area contributed by atoms with Crippen LogP contribution in [-0.4, -0.2) is 42.1 Å². The van der Waals surface area contributed by atoms with Crippen molar-refractivity contribution in [2.75, 3.05) is 19.6 Å². The van der Waals surface area contributed by atoms with Crippen LogP contribution in [0.2, 0.25) is 0 Å². The number of aliphatic imine (C=N–C) groups is 1. The van der Waals surface area contributed by atoms with Crippen molar-refractivity contribution in [1.82, 2.24) is 15.5 Å². The highest BCUT2D eigenvalue weighted by molar-refractivity contribution is 14.0. The maximum absolute atomic E-state index is 4.77. The molecule has 2 heterocycles. The number of fused-ring (bicyclic) bond motifs is 1. The van der Waals surface area contributed by atoms with Crippen LogP contribution in [0.1, 0.15) is 45.1 Å². The standard InChI is InChI=1S/C17H30N4S.HI/c1-6-18-16(20-17(3,4)5)19-11-13(2)21-9-7-15-14(12-21)8-10-22-15;/h8,10,13H,6-7,9,11-12H2,1-5H3,(H2,18,19,20);1H. The fourth-order valence-electron chi connectivity index (χ4n) is 2.65. The Morgan fingerprint density at radius 1 is 1.43 bits per heavy atom. The first-order valence-electron chi connectivity index (χ1n) is 8.25. The Kier molecular flexibility index (Phi) is 8.30. The van der Waals surface area contributed by atoms with Gasteiger partial charge in [-0.2, -0.15) is 0 Å². The highest BCUT2D eigenvalue weighted by Gasteiger charge is 2.21. The van der Waals surface area contributed by atoms with Gasteiger partial charge < -0.3 is 10.6 Å². The topological polar surface area (TPSA) is 39.7 Å². The maximum atomic E-state index is 4.77. The van der Waals surface area contributed by atoms with Gasteiger partial charge in [0, 0.05) is 36.1 Å². The first-order chi connectivity index (χ1) is 10.4. The summed E-state index contributed by atoms with van der Waals surface area (Å²) in [6.45, 7) is 14.8. The normalized spacial score (nSPS) is 17.2. The van der Waals surface area contributed by atoms with Crippen LogP contribution in [0.5, 0.6) is 0 Å². The Hall–Kier alpha value is -0.340. The molecule has 4 nitrogen and oxygen atoms in total. The van der Waals surface area contributed by atoms with Crippen LogP contribution in [0, 0.1) is 0 Å². The molecule has 0 bridgehead atoms. The minimum atomic E-state index is 0. The molecular weight excluding hydrogens is 419 g/mol. The van der Waals surface area contributed by atoms with Gasteiger partial charge in [0.15, 0.2) is 5.96 Å². The summed E-state index contributed by atoms with van der Waals surface area (Å²) in [6, 6.07) is 2.73. The minimum Gasteiger partial charge on any atom is -0.357 e. The van der Waals surface area contributed by atoms with Crippen molar-refractivity contribution in [3.8, 4) is 0 Å². The largest absolute Gasteiger partial charge is 0.357 e. The second kappa shape index (κ2) is 9.22. The third-order valence-corrected chi connectivity index (χ3v) is 4.83. The smallest absolute Gasteiger partial charge is 0.191 e. The minimum absolute atomic E-state index is 0. The Morgan fingerprint density at radius 3 is 2.83 bits per heavy atom. The molecule has 0 radical (unpaired) electrons. The second-order valence-corrected chi connectivity index (χ2v) is 8.03. The molecule has 132 valence electrons. The third kappa shape index (κ3) is 6.58. The molecule has 0 aliphatic carbocycles. The number of hydrogen-bond acceptors (Lipinski definition) is 3. The summed E-state index contributed by atoms with van der Waals surface area (Å²) in [5, 5.41) is 9.00. The number of nitrogens with one attached hydrogen (secondary N) is 2. The summed E-state index contributed by atoms with van der Waals surface area (Å²) in [7, 11) is 0. The Bertz CT molecular complexity index is 507. The molecule has 1 aliphatic heterocycles. The molecule has 0 amide bonds. The number of halogens is 1. The van der Waals surface area contributed by atoms with E-state index in [0.29, 0.717) is 6.04 Å². The van der Waals surface area contributed by atoms with Crippen molar-refractivity contribution in [3.63, 3.8) is 0 Å². The molecule has 1 atom stereocenters. The molecule has 2 N–H and O–H groups in total. The van der Waals surface area contributed by atoms with Crippen LogP contribution in [0.4, 0.5) is 0 Å². The van der Waals surface area contributed by atoms with E-state index in [1.165, 1.54) is 12.0 Å². The maximum Gasteiger partial charge on any atom is 0.191 e. The van der Waals surface area contributed by atoms with E-state index in [0.717, 1.165) is 32.1 Å². The lowest BCUT2D eigenvalue weighted by atomic mass is 10.1. The van der Waals surface area contributed by atoms with Crippen molar-refractivity contribution < 1.29 is 0 Å². The third-order valence-electron chi connectivity index (χ3n) is 3.81. The van der Waals surface area contributed by atoms with Crippen LogP contribution < -0.4 is 10.6 Å². The Labute approximate surface area is 162 Å². The molecule has 23 heavy (non-hydrogen) atoms. The van der Waals surface area contributed by atoms with Gasteiger partial charge >= 0.3 is 0 Å². The SMILES string of the molecule is CCNC(=NCC(C)N1CCc2sccc2C1)NC(C)(C)C.I. The quantitative estimate of drug-likeness (QED) is 0.419. The fraction of sp³-hybridized carbons (Fsp3) is 0.706. The summed E-state index contributed by atoms with van der Waals surface area (Å²) in [4.78, 5) is 8.88. The monoisotopic (exact) mass is 450 g/mol. The molecule has 2 rings (SSSR count). The van der Waals surface area contributed by atoms with Crippen LogP contribution >= 0.6 is 35.3 Å². The molecule has 0 saturated carbocycles. The van der Waals surface area contributed by atoms with Gasteiger partial charge in [0.1, 0.15) is 0 Å². The highest BCUT2D eigenvalue weighted by Crippen LogP contribution is 2.25. The Morgan fingerprint density at radius 2 is 2.17 bits per heavy atom. The van der Waals surface area contributed by atoms with E-state index in [2.05, 4.69) is 61.6 Å². The van der Waals surface area contributed by atoms with Gasteiger partial charge in [0.2, 0.25) is 0 Å². The molecule has 1 aliphatic rings. The molecule has 1 aromatic rings. The average molecular weight is 450 g/mol. The van der Waals surface area contributed by atoms with Gasteiger partial charge in [0.05, 0.1) is 6.54 Å². The molecule has 0 fully saturated rings. The lowest BCUT2D eigenvalue weighted by molar-refractivity contribution is 0.197. The van der Waals surface area contributed by atoms with Gasteiger partial charge in [-0.25, -0.2) is 0 Å². The van der Waals surface area contributed by atoms with Gasteiger partial charge in [-0.15, -0.1) is 35.3 Å². The van der Waals surface area contributed by atoms with Crippen LogP contribution in [0.3, 0.4) is 0 Å². The van der Waals surface area contributed by atoms with Gasteiger partial charge in [-0.1, -0.05) is 0 Å². The zero-order valence-electron chi connectivity index (χ0n) is 15.0.